The third kappa shape index (κ3) is 5.06. The quantitative estimate of drug-likeness (QED) is 0.734. The number of ether oxygens (including phenoxy) is 2. The van der Waals surface area contributed by atoms with Crippen LogP contribution >= 0.6 is 23.2 Å². The number of halogens is 2. The first kappa shape index (κ1) is 21.7. The molecule has 9 heteroatoms. The van der Waals surface area contributed by atoms with E-state index in [9.17, 15) is 9.59 Å². The minimum atomic E-state index is -0.630. The minimum absolute atomic E-state index is 0.0601. The highest BCUT2D eigenvalue weighted by Crippen LogP contribution is 2.34. The van der Waals surface area contributed by atoms with E-state index in [1.54, 1.807) is 23.1 Å². The number of morpholine rings is 1. The van der Waals surface area contributed by atoms with Gasteiger partial charge in [0.15, 0.2) is 6.10 Å². The van der Waals surface area contributed by atoms with Crippen molar-refractivity contribution < 1.29 is 19.1 Å². The fourth-order valence-corrected chi connectivity index (χ4v) is 4.18. The average Bonchev–Trinajstić information content (AvgIpc) is 2.80. The Morgan fingerprint density at radius 3 is 2.48 bits per heavy atom. The molecule has 2 aliphatic heterocycles. The maximum atomic E-state index is 13.0. The monoisotopic (exact) mass is 463 g/mol. The Morgan fingerprint density at radius 1 is 1.03 bits per heavy atom. The molecule has 2 amide bonds. The number of amides is 2. The first-order valence-electron chi connectivity index (χ1n) is 10.1. The van der Waals surface area contributed by atoms with Crippen LogP contribution in [0.2, 0.25) is 10.0 Å². The van der Waals surface area contributed by atoms with Gasteiger partial charge in [-0.15, -0.1) is 0 Å². The van der Waals surface area contributed by atoms with Crippen LogP contribution in [-0.2, 0) is 14.3 Å². The normalized spacial score (nSPS) is 18.2. The maximum absolute atomic E-state index is 13.0. The Labute approximate surface area is 190 Å². The van der Waals surface area contributed by atoms with Crippen LogP contribution < -0.4 is 15.0 Å². The molecule has 0 bridgehead atoms. The predicted molar refractivity (Wildman–Crippen MR) is 120 cm³/mol. The molecule has 31 heavy (non-hydrogen) atoms. The number of anilines is 2. The molecule has 2 aromatic rings. The lowest BCUT2D eigenvalue weighted by atomic mass is 10.1. The van der Waals surface area contributed by atoms with Crippen molar-refractivity contribution in [3.8, 4) is 5.75 Å². The number of fused-ring (bicyclic) bond motifs is 1. The van der Waals surface area contributed by atoms with Crippen molar-refractivity contribution in [3.63, 3.8) is 0 Å². The van der Waals surface area contributed by atoms with E-state index in [1.165, 1.54) is 0 Å². The van der Waals surface area contributed by atoms with E-state index < -0.39 is 6.10 Å². The SMILES string of the molecule is O=C(CCN1CC(C(=O)N2CCOCC2)Oc2ccccc21)Nc1c(Cl)cccc1Cl. The van der Waals surface area contributed by atoms with Crippen molar-refractivity contribution in [2.75, 3.05) is 49.6 Å². The van der Waals surface area contributed by atoms with E-state index in [2.05, 4.69) is 5.32 Å². The zero-order valence-electron chi connectivity index (χ0n) is 16.9. The Hall–Kier alpha value is -2.48. The summed E-state index contributed by atoms with van der Waals surface area (Å²) in [6, 6.07) is 12.6. The number of carbonyl (C=O) groups excluding carboxylic acids is 2. The summed E-state index contributed by atoms with van der Waals surface area (Å²) in [5, 5.41) is 3.54. The molecule has 2 heterocycles. The molecule has 0 aliphatic carbocycles. The zero-order valence-corrected chi connectivity index (χ0v) is 18.4. The summed E-state index contributed by atoms with van der Waals surface area (Å²) in [4.78, 5) is 29.3. The zero-order chi connectivity index (χ0) is 21.8. The topological polar surface area (TPSA) is 71.1 Å². The standard InChI is InChI=1S/C22H23Cl2N3O4/c23-15-4-3-5-16(24)21(15)25-20(28)8-9-27-14-19(22(29)26-10-12-30-13-11-26)31-18-7-2-1-6-17(18)27/h1-7,19H,8-14H2,(H,25,28). The number of rotatable bonds is 5. The molecule has 2 aromatic carbocycles. The molecule has 7 nitrogen and oxygen atoms in total. The molecule has 1 N–H and O–H groups in total. The Kier molecular flexibility index (Phi) is 6.85. The summed E-state index contributed by atoms with van der Waals surface area (Å²) in [7, 11) is 0. The van der Waals surface area contributed by atoms with Crippen LogP contribution in [0, 0.1) is 0 Å². The highest BCUT2D eigenvalue weighted by molar-refractivity contribution is 6.39. The molecule has 2 aliphatic rings. The van der Waals surface area contributed by atoms with Crippen LogP contribution in [0.3, 0.4) is 0 Å². The molecule has 1 atom stereocenters. The van der Waals surface area contributed by atoms with Gasteiger partial charge in [0.05, 0.1) is 41.2 Å². The van der Waals surface area contributed by atoms with Gasteiger partial charge in [0.2, 0.25) is 5.91 Å². The van der Waals surface area contributed by atoms with E-state index in [0.717, 1.165) is 5.69 Å². The summed E-state index contributed by atoms with van der Waals surface area (Å²) < 4.78 is 11.3. The van der Waals surface area contributed by atoms with E-state index in [-0.39, 0.29) is 18.2 Å². The second-order valence-electron chi connectivity index (χ2n) is 7.35. The number of nitrogens with zero attached hydrogens (tertiary/aromatic N) is 2. The van der Waals surface area contributed by atoms with Gasteiger partial charge in [-0.2, -0.15) is 0 Å². The largest absolute Gasteiger partial charge is 0.477 e. The van der Waals surface area contributed by atoms with Crippen molar-refractivity contribution in [2.24, 2.45) is 0 Å². The Balaban J connectivity index is 1.43. The van der Waals surface area contributed by atoms with Gasteiger partial charge in [0, 0.05) is 26.1 Å². The lowest BCUT2D eigenvalue weighted by molar-refractivity contribution is -0.142. The van der Waals surface area contributed by atoms with Crippen molar-refractivity contribution in [3.05, 3.63) is 52.5 Å². The van der Waals surface area contributed by atoms with Gasteiger partial charge >= 0.3 is 0 Å². The first-order valence-corrected chi connectivity index (χ1v) is 10.9. The van der Waals surface area contributed by atoms with E-state index in [0.29, 0.717) is 60.9 Å². The lowest BCUT2D eigenvalue weighted by Gasteiger charge is -2.38. The molecule has 4 rings (SSSR count). The molecule has 0 aromatic heterocycles. The van der Waals surface area contributed by atoms with Crippen LogP contribution in [0.1, 0.15) is 6.42 Å². The number of hydrogen-bond donors (Lipinski definition) is 1. The molecular weight excluding hydrogens is 441 g/mol. The molecular formula is C22H23Cl2N3O4. The number of para-hydroxylation sites is 3. The van der Waals surface area contributed by atoms with Crippen LogP contribution in [-0.4, -0.2) is 62.2 Å². The third-order valence-corrected chi connectivity index (χ3v) is 5.93. The van der Waals surface area contributed by atoms with Crippen molar-refractivity contribution in [1.29, 1.82) is 0 Å². The second kappa shape index (κ2) is 9.77. The summed E-state index contributed by atoms with van der Waals surface area (Å²) >= 11 is 12.3. The second-order valence-corrected chi connectivity index (χ2v) is 8.17. The van der Waals surface area contributed by atoms with Gasteiger partial charge in [-0.05, 0) is 24.3 Å². The fourth-order valence-electron chi connectivity index (χ4n) is 3.69. The van der Waals surface area contributed by atoms with E-state index in [4.69, 9.17) is 32.7 Å². The minimum Gasteiger partial charge on any atom is -0.477 e. The summed E-state index contributed by atoms with van der Waals surface area (Å²) in [5.41, 5.74) is 1.26. The first-order chi connectivity index (χ1) is 15.0. The number of hydrogen-bond acceptors (Lipinski definition) is 5. The van der Waals surface area contributed by atoms with Crippen molar-refractivity contribution in [2.45, 2.75) is 12.5 Å². The molecule has 0 radical (unpaired) electrons. The van der Waals surface area contributed by atoms with E-state index in [1.807, 2.05) is 29.2 Å². The lowest BCUT2D eigenvalue weighted by Crippen LogP contribution is -2.53. The highest BCUT2D eigenvalue weighted by Gasteiger charge is 2.34. The fraction of sp³-hybridized carbons (Fsp3) is 0.364. The van der Waals surface area contributed by atoms with Crippen LogP contribution in [0.5, 0.6) is 5.75 Å². The maximum Gasteiger partial charge on any atom is 0.265 e. The highest BCUT2D eigenvalue weighted by atomic mass is 35.5. The predicted octanol–water partition coefficient (Wildman–Crippen LogP) is 3.45. The van der Waals surface area contributed by atoms with Crippen molar-refractivity contribution in [1.82, 2.24) is 4.90 Å². The van der Waals surface area contributed by atoms with Crippen LogP contribution in [0.25, 0.3) is 0 Å². The summed E-state index contributed by atoms with van der Waals surface area (Å²) in [6.45, 7) is 2.96. The number of benzene rings is 2. The van der Waals surface area contributed by atoms with Gasteiger partial charge in [0.25, 0.3) is 5.91 Å². The number of carbonyl (C=O) groups is 2. The Morgan fingerprint density at radius 2 is 1.74 bits per heavy atom. The van der Waals surface area contributed by atoms with Crippen LogP contribution in [0.4, 0.5) is 11.4 Å². The smallest absolute Gasteiger partial charge is 0.265 e. The van der Waals surface area contributed by atoms with Gasteiger partial charge < -0.3 is 24.6 Å². The number of nitrogens with one attached hydrogen (secondary N) is 1. The Bertz CT molecular complexity index is 945. The molecule has 1 saturated heterocycles. The molecule has 0 saturated carbocycles. The average molecular weight is 464 g/mol. The van der Waals surface area contributed by atoms with Crippen LogP contribution in [0.15, 0.2) is 42.5 Å². The van der Waals surface area contributed by atoms with Gasteiger partial charge in [-0.25, -0.2) is 0 Å². The van der Waals surface area contributed by atoms with Gasteiger partial charge in [-0.1, -0.05) is 41.4 Å². The molecule has 164 valence electrons. The molecule has 1 fully saturated rings. The third-order valence-electron chi connectivity index (χ3n) is 5.30. The van der Waals surface area contributed by atoms with Gasteiger partial charge in [-0.3, -0.25) is 9.59 Å². The molecule has 0 spiro atoms. The summed E-state index contributed by atoms with van der Waals surface area (Å²) in [6.07, 6.45) is -0.428. The molecule has 1 unspecified atom stereocenters. The summed E-state index contributed by atoms with van der Waals surface area (Å²) in [5.74, 6) is 0.361. The van der Waals surface area contributed by atoms with Gasteiger partial charge in [0.1, 0.15) is 5.75 Å². The van der Waals surface area contributed by atoms with Crippen molar-refractivity contribution >= 4 is 46.4 Å². The van der Waals surface area contributed by atoms with E-state index >= 15 is 0 Å².